The fourth-order valence-electron chi connectivity index (χ4n) is 1.63. The molecule has 1 N–H and O–H groups in total. The first-order valence-electron chi connectivity index (χ1n) is 5.58. The Balaban J connectivity index is 2.32. The summed E-state index contributed by atoms with van der Waals surface area (Å²) in [6.45, 7) is 0.150. The van der Waals surface area contributed by atoms with Crippen molar-refractivity contribution in [3.8, 4) is 5.75 Å². The van der Waals surface area contributed by atoms with Crippen LogP contribution in [0.15, 0.2) is 45.3 Å². The number of halogens is 3. The van der Waals surface area contributed by atoms with Crippen LogP contribution >= 0.6 is 31.9 Å². The summed E-state index contributed by atoms with van der Waals surface area (Å²) in [4.78, 5) is 11.0. The van der Waals surface area contributed by atoms with Gasteiger partial charge in [0.2, 0.25) is 0 Å². The normalized spacial score (nSPS) is 10.3. The Morgan fingerprint density at radius 3 is 2.45 bits per heavy atom. The molecule has 0 saturated heterocycles. The Morgan fingerprint density at radius 2 is 1.85 bits per heavy atom. The minimum atomic E-state index is -1.36. The second-order valence-electron chi connectivity index (χ2n) is 3.94. The largest absolute Gasteiger partial charge is 0.485 e. The SMILES string of the molecule is O=C(O)c1c(Br)cc(Br)c(OCc2ccccc2)c1F. The van der Waals surface area contributed by atoms with Crippen molar-refractivity contribution >= 4 is 37.8 Å². The third-order valence-corrected chi connectivity index (χ3v) is 3.78. The van der Waals surface area contributed by atoms with Gasteiger partial charge in [-0.15, -0.1) is 0 Å². The van der Waals surface area contributed by atoms with E-state index in [1.807, 2.05) is 30.3 Å². The number of carboxylic acid groups (broad SMARTS) is 1. The van der Waals surface area contributed by atoms with E-state index in [9.17, 15) is 9.18 Å². The summed E-state index contributed by atoms with van der Waals surface area (Å²) < 4.78 is 20.1. The average molecular weight is 404 g/mol. The first-order chi connectivity index (χ1) is 9.50. The van der Waals surface area contributed by atoms with E-state index in [0.717, 1.165) is 5.56 Å². The van der Waals surface area contributed by atoms with Crippen molar-refractivity contribution in [3.05, 3.63) is 62.3 Å². The molecule has 20 heavy (non-hydrogen) atoms. The molecule has 2 rings (SSSR count). The number of carboxylic acids is 1. The van der Waals surface area contributed by atoms with Crippen molar-refractivity contribution in [2.45, 2.75) is 6.61 Å². The number of rotatable bonds is 4. The molecule has 0 unspecified atom stereocenters. The number of ether oxygens (including phenoxy) is 1. The number of carbonyl (C=O) groups is 1. The Morgan fingerprint density at radius 1 is 1.20 bits per heavy atom. The van der Waals surface area contributed by atoms with Crippen LogP contribution in [0.1, 0.15) is 15.9 Å². The van der Waals surface area contributed by atoms with Crippen molar-refractivity contribution < 1.29 is 19.0 Å². The second kappa shape index (κ2) is 6.37. The van der Waals surface area contributed by atoms with E-state index in [1.165, 1.54) is 6.07 Å². The minimum Gasteiger partial charge on any atom is -0.485 e. The summed E-state index contributed by atoms with van der Waals surface area (Å²) >= 11 is 6.19. The zero-order valence-electron chi connectivity index (χ0n) is 10.1. The van der Waals surface area contributed by atoms with E-state index in [2.05, 4.69) is 31.9 Å². The highest BCUT2D eigenvalue weighted by Crippen LogP contribution is 2.35. The number of aromatic carboxylic acids is 1. The molecule has 0 aromatic heterocycles. The molecule has 0 fully saturated rings. The first-order valence-corrected chi connectivity index (χ1v) is 7.17. The van der Waals surface area contributed by atoms with Crippen LogP contribution in [0.2, 0.25) is 0 Å². The highest BCUT2D eigenvalue weighted by Gasteiger charge is 2.22. The maximum absolute atomic E-state index is 14.2. The molecular weight excluding hydrogens is 395 g/mol. The smallest absolute Gasteiger partial charge is 0.339 e. The molecule has 0 atom stereocenters. The monoisotopic (exact) mass is 402 g/mol. The molecule has 0 aliphatic rings. The van der Waals surface area contributed by atoms with Crippen LogP contribution in [0.25, 0.3) is 0 Å². The van der Waals surface area contributed by atoms with Crippen LogP contribution in [-0.4, -0.2) is 11.1 Å². The number of benzene rings is 2. The van der Waals surface area contributed by atoms with Crippen LogP contribution < -0.4 is 4.74 Å². The van der Waals surface area contributed by atoms with Gasteiger partial charge in [0.25, 0.3) is 0 Å². The zero-order chi connectivity index (χ0) is 14.7. The fraction of sp³-hybridized carbons (Fsp3) is 0.0714. The van der Waals surface area contributed by atoms with Gasteiger partial charge in [0.15, 0.2) is 11.6 Å². The molecule has 0 amide bonds. The van der Waals surface area contributed by atoms with Crippen LogP contribution in [0.4, 0.5) is 4.39 Å². The van der Waals surface area contributed by atoms with Crippen molar-refractivity contribution in [3.63, 3.8) is 0 Å². The lowest BCUT2D eigenvalue weighted by molar-refractivity contribution is 0.0689. The standard InChI is InChI=1S/C14H9Br2FO3/c15-9-6-10(16)13(12(17)11(9)14(18)19)20-7-8-4-2-1-3-5-8/h1-6H,7H2,(H,18,19). The highest BCUT2D eigenvalue weighted by molar-refractivity contribution is 9.11. The second-order valence-corrected chi connectivity index (χ2v) is 5.65. The van der Waals surface area contributed by atoms with Gasteiger partial charge in [-0.05, 0) is 43.5 Å². The molecule has 6 heteroatoms. The lowest BCUT2D eigenvalue weighted by Gasteiger charge is -2.12. The molecule has 0 bridgehead atoms. The summed E-state index contributed by atoms with van der Waals surface area (Å²) in [5.41, 5.74) is 0.412. The lowest BCUT2D eigenvalue weighted by Crippen LogP contribution is -2.06. The zero-order valence-corrected chi connectivity index (χ0v) is 13.2. The highest BCUT2D eigenvalue weighted by atomic mass is 79.9. The summed E-state index contributed by atoms with van der Waals surface area (Å²) in [6.07, 6.45) is 0. The Labute approximate surface area is 131 Å². The van der Waals surface area contributed by atoms with Gasteiger partial charge in [0, 0.05) is 4.47 Å². The molecule has 2 aromatic carbocycles. The predicted molar refractivity (Wildman–Crippen MR) is 79.5 cm³/mol. The molecule has 0 heterocycles. The van der Waals surface area contributed by atoms with Crippen LogP contribution in [-0.2, 0) is 6.61 Å². The average Bonchev–Trinajstić information content (AvgIpc) is 2.38. The molecule has 0 spiro atoms. The molecule has 0 radical (unpaired) electrons. The van der Waals surface area contributed by atoms with Crippen molar-refractivity contribution in [1.29, 1.82) is 0 Å². The fourth-order valence-corrected chi connectivity index (χ4v) is 3.03. The number of hydrogen-bond donors (Lipinski definition) is 1. The maximum atomic E-state index is 14.2. The van der Waals surface area contributed by atoms with Crippen LogP contribution in [0.5, 0.6) is 5.75 Å². The lowest BCUT2D eigenvalue weighted by atomic mass is 10.2. The topological polar surface area (TPSA) is 46.5 Å². The van der Waals surface area contributed by atoms with E-state index in [-0.39, 0.29) is 16.8 Å². The van der Waals surface area contributed by atoms with Crippen molar-refractivity contribution in [1.82, 2.24) is 0 Å². The molecular formula is C14H9Br2FO3. The Hall–Kier alpha value is -1.40. The van der Waals surface area contributed by atoms with E-state index >= 15 is 0 Å². The molecule has 3 nitrogen and oxygen atoms in total. The Bertz CT molecular complexity index is 645. The number of hydrogen-bond acceptors (Lipinski definition) is 2. The van der Waals surface area contributed by atoms with Gasteiger partial charge in [-0.3, -0.25) is 0 Å². The van der Waals surface area contributed by atoms with E-state index in [4.69, 9.17) is 9.84 Å². The summed E-state index contributed by atoms with van der Waals surface area (Å²) in [7, 11) is 0. The van der Waals surface area contributed by atoms with Crippen molar-refractivity contribution in [2.24, 2.45) is 0 Å². The predicted octanol–water partition coefficient (Wildman–Crippen LogP) is 4.63. The van der Waals surface area contributed by atoms with Gasteiger partial charge in [-0.2, -0.15) is 0 Å². The van der Waals surface area contributed by atoms with E-state index < -0.39 is 17.3 Å². The van der Waals surface area contributed by atoms with Gasteiger partial charge >= 0.3 is 5.97 Å². The van der Waals surface area contributed by atoms with Crippen LogP contribution in [0, 0.1) is 5.82 Å². The molecule has 104 valence electrons. The van der Waals surface area contributed by atoms with E-state index in [0.29, 0.717) is 4.47 Å². The van der Waals surface area contributed by atoms with Gasteiger partial charge in [0.05, 0.1) is 4.47 Å². The van der Waals surface area contributed by atoms with Gasteiger partial charge in [0.1, 0.15) is 12.2 Å². The molecule has 2 aromatic rings. The third kappa shape index (κ3) is 3.19. The summed E-state index contributed by atoms with van der Waals surface area (Å²) in [5, 5.41) is 9.01. The molecule has 0 aliphatic carbocycles. The summed E-state index contributed by atoms with van der Waals surface area (Å²) in [5.74, 6) is -2.38. The van der Waals surface area contributed by atoms with Gasteiger partial charge < -0.3 is 9.84 Å². The quantitative estimate of drug-likeness (QED) is 0.809. The first kappa shape index (κ1) is 15.0. The molecule has 0 saturated carbocycles. The molecule has 0 aliphatic heterocycles. The third-order valence-electron chi connectivity index (χ3n) is 2.57. The van der Waals surface area contributed by atoms with E-state index in [1.54, 1.807) is 0 Å². The Kier molecular flexibility index (Phi) is 4.77. The van der Waals surface area contributed by atoms with Gasteiger partial charge in [-0.25, -0.2) is 9.18 Å². The van der Waals surface area contributed by atoms with Crippen molar-refractivity contribution in [2.75, 3.05) is 0 Å². The van der Waals surface area contributed by atoms with Crippen LogP contribution in [0.3, 0.4) is 0 Å². The van der Waals surface area contributed by atoms with Gasteiger partial charge in [-0.1, -0.05) is 30.3 Å². The minimum absolute atomic E-state index is 0.116. The summed E-state index contributed by atoms with van der Waals surface area (Å²) in [6, 6.07) is 10.7. The maximum Gasteiger partial charge on any atom is 0.339 e.